The van der Waals surface area contributed by atoms with E-state index in [0.717, 1.165) is 11.1 Å². The molecule has 2 aromatic rings. The molecule has 1 N–H and O–H groups in total. The fraction of sp³-hybridized carbons (Fsp3) is 0.368. The molecule has 25 heavy (non-hydrogen) atoms. The average Bonchev–Trinajstić information content (AvgIpc) is 3.07. The number of sulfonamides is 1. The Morgan fingerprint density at radius 2 is 1.88 bits per heavy atom. The molecule has 5 nitrogen and oxygen atoms in total. The molecule has 0 aromatic heterocycles. The van der Waals surface area contributed by atoms with E-state index in [0.29, 0.717) is 30.6 Å². The number of rotatable bonds is 4. The Morgan fingerprint density at radius 1 is 1.16 bits per heavy atom. The van der Waals surface area contributed by atoms with Crippen molar-refractivity contribution < 1.29 is 18.3 Å². The van der Waals surface area contributed by atoms with Crippen molar-refractivity contribution in [3.05, 3.63) is 47.5 Å². The summed E-state index contributed by atoms with van der Waals surface area (Å²) in [6.07, 6.45) is 0.632. The van der Waals surface area contributed by atoms with Gasteiger partial charge in [0.05, 0.1) is 11.0 Å². The molecule has 1 saturated heterocycles. The number of aryl methyl sites for hydroxylation is 2. The Kier molecular flexibility index (Phi) is 4.86. The van der Waals surface area contributed by atoms with Crippen LogP contribution in [0.5, 0.6) is 5.75 Å². The van der Waals surface area contributed by atoms with Crippen LogP contribution in [0.4, 0.5) is 0 Å². The molecule has 134 valence electrons. The fourth-order valence-electron chi connectivity index (χ4n) is 3.15. The van der Waals surface area contributed by atoms with E-state index >= 15 is 0 Å². The van der Waals surface area contributed by atoms with Gasteiger partial charge in [0.15, 0.2) is 0 Å². The lowest BCUT2D eigenvalue weighted by atomic mass is 10.0. The van der Waals surface area contributed by atoms with Gasteiger partial charge in [0, 0.05) is 25.8 Å². The van der Waals surface area contributed by atoms with Crippen molar-refractivity contribution in [2.45, 2.75) is 31.3 Å². The highest BCUT2D eigenvalue weighted by Gasteiger charge is 2.34. The summed E-state index contributed by atoms with van der Waals surface area (Å²) in [5.41, 5.74) is 3.22. The minimum Gasteiger partial charge on any atom is -0.508 e. The highest BCUT2D eigenvalue weighted by Crippen LogP contribution is 2.34. The van der Waals surface area contributed by atoms with Crippen LogP contribution in [0.15, 0.2) is 41.3 Å². The lowest BCUT2D eigenvalue weighted by molar-refractivity contribution is 0.115. The molecule has 0 saturated carbocycles. The summed E-state index contributed by atoms with van der Waals surface area (Å²) < 4.78 is 33.3. The molecule has 1 atom stereocenters. The smallest absolute Gasteiger partial charge is 0.243 e. The molecule has 1 aliphatic heterocycles. The summed E-state index contributed by atoms with van der Waals surface area (Å²) >= 11 is 0. The van der Waals surface area contributed by atoms with Crippen LogP contribution in [0.25, 0.3) is 11.1 Å². The maximum Gasteiger partial charge on any atom is 0.243 e. The Hall–Kier alpha value is -1.89. The molecular weight excluding hydrogens is 338 g/mol. The van der Waals surface area contributed by atoms with Crippen molar-refractivity contribution in [2.75, 3.05) is 20.2 Å². The second-order valence-corrected chi connectivity index (χ2v) is 8.40. The molecule has 0 aliphatic carbocycles. The zero-order valence-electron chi connectivity index (χ0n) is 14.7. The highest BCUT2D eigenvalue weighted by molar-refractivity contribution is 7.89. The molecular formula is C19H23NO4S. The molecule has 0 amide bonds. The van der Waals surface area contributed by atoms with Crippen LogP contribution in [-0.4, -0.2) is 44.1 Å². The predicted molar refractivity (Wildman–Crippen MR) is 97.2 cm³/mol. The first-order valence-electron chi connectivity index (χ1n) is 8.26. The average molecular weight is 361 g/mol. The zero-order valence-corrected chi connectivity index (χ0v) is 15.5. The third kappa shape index (κ3) is 3.42. The van der Waals surface area contributed by atoms with Crippen molar-refractivity contribution in [1.29, 1.82) is 0 Å². The summed E-state index contributed by atoms with van der Waals surface area (Å²) in [4.78, 5) is 0.276. The molecule has 1 fully saturated rings. The Bertz CT molecular complexity index is 892. The standard InChI is InChI=1S/C19H23NO4S/c1-13-9-18(15-5-4-6-16(21)11-15)19(10-14(13)2)25(22,23)20-8-7-17(12-20)24-3/h4-6,9-11,17,21H,7-8,12H2,1-3H3. The van der Waals surface area contributed by atoms with Crippen molar-refractivity contribution in [3.8, 4) is 16.9 Å². The summed E-state index contributed by atoms with van der Waals surface area (Å²) in [6.45, 7) is 4.68. The van der Waals surface area contributed by atoms with Gasteiger partial charge < -0.3 is 9.84 Å². The molecule has 1 unspecified atom stereocenters. The van der Waals surface area contributed by atoms with Crippen molar-refractivity contribution in [1.82, 2.24) is 4.31 Å². The van der Waals surface area contributed by atoms with Crippen LogP contribution in [0.3, 0.4) is 0 Å². The van der Waals surface area contributed by atoms with Gasteiger partial charge in [0.25, 0.3) is 0 Å². The summed E-state index contributed by atoms with van der Waals surface area (Å²) in [7, 11) is -2.03. The van der Waals surface area contributed by atoms with Gasteiger partial charge in [-0.3, -0.25) is 0 Å². The maximum atomic E-state index is 13.2. The summed E-state index contributed by atoms with van der Waals surface area (Å²) in [6, 6.07) is 10.3. The Balaban J connectivity index is 2.14. The normalized spacial score (nSPS) is 18.6. The number of ether oxygens (including phenoxy) is 1. The van der Waals surface area contributed by atoms with Gasteiger partial charge in [-0.25, -0.2) is 8.42 Å². The van der Waals surface area contributed by atoms with Crippen molar-refractivity contribution in [3.63, 3.8) is 0 Å². The third-order valence-electron chi connectivity index (χ3n) is 4.81. The minimum absolute atomic E-state index is 0.0643. The number of benzene rings is 2. The van der Waals surface area contributed by atoms with E-state index in [1.54, 1.807) is 31.4 Å². The van der Waals surface area contributed by atoms with Gasteiger partial charge in [-0.15, -0.1) is 0 Å². The zero-order chi connectivity index (χ0) is 18.2. The summed E-state index contributed by atoms with van der Waals surface area (Å²) in [5.74, 6) is 0.111. The second kappa shape index (κ2) is 6.78. The van der Waals surface area contributed by atoms with Crippen LogP contribution in [-0.2, 0) is 14.8 Å². The molecule has 3 rings (SSSR count). The van der Waals surface area contributed by atoms with Gasteiger partial charge in [0.1, 0.15) is 5.75 Å². The monoisotopic (exact) mass is 361 g/mol. The largest absolute Gasteiger partial charge is 0.508 e. The van der Waals surface area contributed by atoms with E-state index in [9.17, 15) is 13.5 Å². The SMILES string of the molecule is COC1CCN(S(=O)(=O)c2cc(C)c(C)cc2-c2cccc(O)c2)C1. The second-order valence-electron chi connectivity index (χ2n) is 6.49. The fourth-order valence-corrected chi connectivity index (χ4v) is 4.92. The maximum absolute atomic E-state index is 13.2. The van der Waals surface area contributed by atoms with Crippen LogP contribution >= 0.6 is 0 Å². The third-order valence-corrected chi connectivity index (χ3v) is 6.72. The van der Waals surface area contributed by atoms with Gasteiger partial charge in [0.2, 0.25) is 10.0 Å². The van der Waals surface area contributed by atoms with Crippen LogP contribution in [0.2, 0.25) is 0 Å². The predicted octanol–water partition coefficient (Wildman–Crippen LogP) is 3.09. The van der Waals surface area contributed by atoms with E-state index in [4.69, 9.17) is 4.74 Å². The quantitative estimate of drug-likeness (QED) is 0.909. The lowest BCUT2D eigenvalue weighted by Gasteiger charge is -2.20. The number of phenols is 1. The first kappa shape index (κ1) is 17.9. The number of hydrogen-bond acceptors (Lipinski definition) is 4. The van der Waals surface area contributed by atoms with Gasteiger partial charge in [-0.2, -0.15) is 4.31 Å². The number of phenolic OH excluding ortho intramolecular Hbond substituents is 1. The minimum atomic E-state index is -3.64. The van der Waals surface area contributed by atoms with E-state index in [-0.39, 0.29) is 16.7 Å². The first-order valence-corrected chi connectivity index (χ1v) is 9.70. The summed E-state index contributed by atoms with van der Waals surface area (Å²) in [5, 5.41) is 9.79. The molecule has 0 radical (unpaired) electrons. The molecule has 6 heteroatoms. The van der Waals surface area contributed by atoms with Gasteiger partial charge >= 0.3 is 0 Å². The van der Waals surface area contributed by atoms with Crippen LogP contribution < -0.4 is 0 Å². The van der Waals surface area contributed by atoms with Crippen molar-refractivity contribution in [2.24, 2.45) is 0 Å². The number of aromatic hydroxyl groups is 1. The number of nitrogens with zero attached hydrogens (tertiary/aromatic N) is 1. The van der Waals surface area contributed by atoms with Gasteiger partial charge in [-0.05, 0) is 61.2 Å². The van der Waals surface area contributed by atoms with E-state index in [1.165, 1.54) is 4.31 Å². The number of methoxy groups -OCH3 is 1. The van der Waals surface area contributed by atoms with Crippen LogP contribution in [0.1, 0.15) is 17.5 Å². The topological polar surface area (TPSA) is 66.8 Å². The first-order chi connectivity index (χ1) is 11.8. The Labute approximate surface area is 148 Å². The number of hydrogen-bond donors (Lipinski definition) is 1. The molecule has 0 spiro atoms. The van der Waals surface area contributed by atoms with Crippen molar-refractivity contribution >= 4 is 10.0 Å². The highest BCUT2D eigenvalue weighted by atomic mass is 32.2. The van der Waals surface area contributed by atoms with Gasteiger partial charge in [-0.1, -0.05) is 12.1 Å². The van der Waals surface area contributed by atoms with E-state index in [2.05, 4.69) is 0 Å². The molecule has 2 aromatic carbocycles. The Morgan fingerprint density at radius 3 is 2.52 bits per heavy atom. The molecule has 0 bridgehead atoms. The lowest BCUT2D eigenvalue weighted by Crippen LogP contribution is -2.30. The van der Waals surface area contributed by atoms with E-state index < -0.39 is 10.0 Å². The molecule has 1 heterocycles. The van der Waals surface area contributed by atoms with E-state index in [1.807, 2.05) is 26.0 Å². The van der Waals surface area contributed by atoms with Crippen LogP contribution in [0, 0.1) is 13.8 Å². The molecule has 1 aliphatic rings.